The van der Waals surface area contributed by atoms with Crippen LogP contribution in [0.15, 0.2) is 36.5 Å². The molecule has 0 saturated heterocycles. The minimum atomic E-state index is -0.208. The lowest BCUT2D eigenvalue weighted by Gasteiger charge is -2.19. The van der Waals surface area contributed by atoms with Gasteiger partial charge >= 0.3 is 5.97 Å². The van der Waals surface area contributed by atoms with Crippen molar-refractivity contribution in [2.24, 2.45) is 0 Å². The summed E-state index contributed by atoms with van der Waals surface area (Å²) >= 11 is 0. The van der Waals surface area contributed by atoms with Gasteiger partial charge in [-0.3, -0.25) is 14.4 Å². The number of amides is 2. The van der Waals surface area contributed by atoms with E-state index >= 15 is 0 Å². The zero-order valence-electron chi connectivity index (χ0n) is 22.3. The van der Waals surface area contributed by atoms with Crippen LogP contribution in [0.25, 0.3) is 11.0 Å². The Morgan fingerprint density at radius 2 is 1.82 bits per heavy atom. The van der Waals surface area contributed by atoms with Gasteiger partial charge in [0.1, 0.15) is 11.3 Å². The summed E-state index contributed by atoms with van der Waals surface area (Å²) in [5, 5.41) is 6.97. The predicted molar refractivity (Wildman–Crippen MR) is 146 cm³/mol. The van der Waals surface area contributed by atoms with Gasteiger partial charge in [0.2, 0.25) is 5.95 Å². The van der Waals surface area contributed by atoms with Crippen LogP contribution in [0, 0.1) is 0 Å². The van der Waals surface area contributed by atoms with Crippen molar-refractivity contribution >= 4 is 40.5 Å². The molecular weight excluding hydrogens is 484 g/mol. The number of nitrogens with one attached hydrogen (secondary N) is 2. The van der Waals surface area contributed by atoms with E-state index < -0.39 is 0 Å². The number of rotatable bonds is 11. The maximum absolute atomic E-state index is 12.9. The highest BCUT2D eigenvalue weighted by Gasteiger charge is 2.26. The number of anilines is 2. The van der Waals surface area contributed by atoms with Crippen molar-refractivity contribution in [3.05, 3.63) is 47.8 Å². The van der Waals surface area contributed by atoms with E-state index in [1.807, 2.05) is 18.2 Å². The molecule has 3 aromatic rings. The standard InChI is InChI=1S/C28H36N6O4/c1-33(2)27(37)23-17-20-18-30-28(32-25(20)34(23)22-9-6-7-10-22)31-21-14-12-19(13-15-21)26(36)29-16-8-4-5-11-24(35)38-3/h12-15,17-18,22H,4-11,16H2,1-3H3,(H,29,36)(H,30,31,32). The van der Waals surface area contributed by atoms with Gasteiger partial charge in [0, 0.05) is 55.9 Å². The monoisotopic (exact) mass is 520 g/mol. The Hall–Kier alpha value is -3.95. The number of carbonyl (C=O) groups is 3. The third kappa shape index (κ3) is 6.48. The molecule has 0 unspecified atom stereocenters. The molecule has 1 fully saturated rings. The number of aromatic nitrogens is 3. The molecule has 2 heterocycles. The maximum Gasteiger partial charge on any atom is 0.305 e. The summed E-state index contributed by atoms with van der Waals surface area (Å²) in [7, 11) is 4.90. The number of esters is 1. The predicted octanol–water partition coefficient (Wildman–Crippen LogP) is 4.46. The largest absolute Gasteiger partial charge is 0.469 e. The van der Waals surface area contributed by atoms with Crippen LogP contribution in [0.4, 0.5) is 11.6 Å². The van der Waals surface area contributed by atoms with Gasteiger partial charge in [0.15, 0.2) is 0 Å². The fraction of sp³-hybridized carbons (Fsp3) is 0.464. The van der Waals surface area contributed by atoms with Crippen molar-refractivity contribution in [3.8, 4) is 0 Å². The Morgan fingerprint density at radius 1 is 1.08 bits per heavy atom. The molecule has 10 heteroatoms. The van der Waals surface area contributed by atoms with Crippen LogP contribution in [0.5, 0.6) is 0 Å². The molecule has 0 bridgehead atoms. The molecule has 202 valence electrons. The molecule has 0 atom stereocenters. The zero-order valence-corrected chi connectivity index (χ0v) is 22.3. The number of nitrogens with zero attached hydrogens (tertiary/aromatic N) is 4. The van der Waals surface area contributed by atoms with Crippen molar-refractivity contribution in [2.45, 2.75) is 57.4 Å². The molecule has 2 aromatic heterocycles. The number of benzene rings is 1. The van der Waals surface area contributed by atoms with Gasteiger partial charge in [-0.25, -0.2) is 4.98 Å². The normalized spacial score (nSPS) is 13.4. The van der Waals surface area contributed by atoms with Crippen LogP contribution in [0.2, 0.25) is 0 Å². The third-order valence-corrected chi connectivity index (χ3v) is 6.87. The van der Waals surface area contributed by atoms with E-state index in [4.69, 9.17) is 4.98 Å². The number of hydrogen-bond acceptors (Lipinski definition) is 7. The van der Waals surface area contributed by atoms with Gasteiger partial charge in [0.05, 0.1) is 7.11 Å². The number of hydrogen-bond donors (Lipinski definition) is 2. The van der Waals surface area contributed by atoms with Gasteiger partial charge in [-0.2, -0.15) is 4.98 Å². The van der Waals surface area contributed by atoms with Crippen molar-refractivity contribution in [1.82, 2.24) is 24.8 Å². The first-order valence-electron chi connectivity index (χ1n) is 13.2. The first kappa shape index (κ1) is 27.1. The quantitative estimate of drug-likeness (QED) is 0.283. The molecule has 2 amide bonds. The Bertz CT molecular complexity index is 1280. The van der Waals surface area contributed by atoms with Crippen LogP contribution in [0.3, 0.4) is 0 Å². The van der Waals surface area contributed by atoms with E-state index in [0.29, 0.717) is 30.2 Å². The van der Waals surface area contributed by atoms with Crippen LogP contribution in [-0.2, 0) is 9.53 Å². The van der Waals surface area contributed by atoms with Crippen molar-refractivity contribution in [3.63, 3.8) is 0 Å². The van der Waals surface area contributed by atoms with Gasteiger partial charge in [-0.15, -0.1) is 0 Å². The molecule has 0 aliphatic heterocycles. The molecule has 38 heavy (non-hydrogen) atoms. The van der Waals surface area contributed by atoms with E-state index in [2.05, 4.69) is 24.9 Å². The topological polar surface area (TPSA) is 118 Å². The lowest BCUT2D eigenvalue weighted by molar-refractivity contribution is -0.140. The molecule has 0 radical (unpaired) electrons. The van der Waals surface area contributed by atoms with Gasteiger partial charge in [0.25, 0.3) is 11.8 Å². The van der Waals surface area contributed by atoms with E-state index in [9.17, 15) is 14.4 Å². The third-order valence-electron chi connectivity index (χ3n) is 6.87. The molecule has 1 aliphatic rings. The van der Waals surface area contributed by atoms with Crippen LogP contribution < -0.4 is 10.6 Å². The minimum absolute atomic E-state index is 0.0422. The average molecular weight is 521 g/mol. The van der Waals surface area contributed by atoms with Crippen molar-refractivity contribution in [2.75, 3.05) is 33.1 Å². The van der Waals surface area contributed by atoms with Crippen LogP contribution >= 0.6 is 0 Å². The molecule has 1 saturated carbocycles. The van der Waals surface area contributed by atoms with Gasteiger partial charge in [-0.1, -0.05) is 19.3 Å². The molecule has 4 rings (SSSR count). The lowest BCUT2D eigenvalue weighted by atomic mass is 10.1. The Morgan fingerprint density at radius 3 is 2.50 bits per heavy atom. The number of fused-ring (bicyclic) bond motifs is 1. The van der Waals surface area contributed by atoms with Crippen molar-refractivity contribution < 1.29 is 19.1 Å². The smallest absolute Gasteiger partial charge is 0.305 e. The summed E-state index contributed by atoms with van der Waals surface area (Å²) < 4.78 is 6.71. The fourth-order valence-electron chi connectivity index (χ4n) is 4.81. The molecule has 1 aromatic carbocycles. The molecule has 1 aliphatic carbocycles. The van der Waals surface area contributed by atoms with E-state index in [1.165, 1.54) is 7.11 Å². The van der Waals surface area contributed by atoms with Gasteiger partial charge in [-0.05, 0) is 56.0 Å². The van der Waals surface area contributed by atoms with E-state index in [1.54, 1.807) is 37.3 Å². The van der Waals surface area contributed by atoms with E-state index in [0.717, 1.165) is 61.7 Å². The highest BCUT2D eigenvalue weighted by Crippen LogP contribution is 2.35. The summed E-state index contributed by atoms with van der Waals surface area (Å²) in [6.07, 6.45) is 8.88. The second-order valence-electron chi connectivity index (χ2n) is 9.86. The maximum atomic E-state index is 12.9. The highest BCUT2D eigenvalue weighted by molar-refractivity contribution is 5.98. The van der Waals surface area contributed by atoms with Gasteiger partial charge < -0.3 is 24.8 Å². The Balaban J connectivity index is 1.40. The summed E-state index contributed by atoms with van der Waals surface area (Å²) in [6.45, 7) is 0.548. The molecule has 0 spiro atoms. The molecule has 10 nitrogen and oxygen atoms in total. The summed E-state index contributed by atoms with van der Waals surface area (Å²) in [6, 6.07) is 9.27. The number of carbonyl (C=O) groups excluding carboxylic acids is 3. The lowest BCUT2D eigenvalue weighted by Crippen LogP contribution is -2.25. The molecule has 2 N–H and O–H groups in total. The summed E-state index contributed by atoms with van der Waals surface area (Å²) in [4.78, 5) is 47.3. The van der Waals surface area contributed by atoms with Crippen LogP contribution in [0.1, 0.15) is 78.3 Å². The van der Waals surface area contributed by atoms with Crippen molar-refractivity contribution in [1.29, 1.82) is 0 Å². The molecular formula is C28H36N6O4. The first-order valence-corrected chi connectivity index (χ1v) is 13.2. The first-order chi connectivity index (χ1) is 18.4. The summed E-state index contributed by atoms with van der Waals surface area (Å²) in [5.74, 6) is 0.0389. The van der Waals surface area contributed by atoms with Crippen LogP contribution in [-0.4, -0.2) is 65.0 Å². The average Bonchev–Trinajstić information content (AvgIpc) is 3.58. The number of ether oxygens (including phenoxy) is 1. The second-order valence-corrected chi connectivity index (χ2v) is 9.86. The summed E-state index contributed by atoms with van der Waals surface area (Å²) in [5.41, 5.74) is 2.71. The number of unbranched alkanes of at least 4 members (excludes halogenated alkanes) is 2. The number of methoxy groups -OCH3 is 1. The fourth-order valence-corrected chi connectivity index (χ4v) is 4.81. The Kier molecular flexibility index (Phi) is 8.93. The SMILES string of the molecule is COC(=O)CCCCCNC(=O)c1ccc(Nc2ncc3cc(C(=O)N(C)C)n(C4CCCC4)c3n2)cc1. The zero-order chi connectivity index (χ0) is 27.1. The Labute approximate surface area is 222 Å². The highest BCUT2D eigenvalue weighted by atomic mass is 16.5. The minimum Gasteiger partial charge on any atom is -0.469 e. The second kappa shape index (κ2) is 12.5. The van der Waals surface area contributed by atoms with E-state index in [-0.39, 0.29) is 23.8 Å².